The van der Waals surface area contributed by atoms with Gasteiger partial charge in [0, 0.05) is 51.9 Å². The van der Waals surface area contributed by atoms with E-state index in [1.54, 1.807) is 0 Å². The molecule has 1 spiro atoms. The monoisotopic (exact) mass is 338 g/mol. The number of aryl methyl sites for hydroxylation is 1. The van der Waals surface area contributed by atoms with Gasteiger partial charge >= 0.3 is 0 Å². The number of imidazole rings is 1. The van der Waals surface area contributed by atoms with E-state index in [1.165, 1.54) is 5.56 Å². The molecule has 1 aromatic heterocycles. The van der Waals surface area contributed by atoms with Crippen molar-refractivity contribution in [2.75, 3.05) is 20.1 Å². The van der Waals surface area contributed by atoms with Crippen LogP contribution in [0.1, 0.15) is 36.6 Å². The average molecular weight is 338 g/mol. The molecule has 132 valence electrons. The fraction of sp³-hybridized carbons (Fsp3) is 0.500. The molecule has 0 N–H and O–H groups in total. The van der Waals surface area contributed by atoms with Crippen LogP contribution >= 0.6 is 0 Å². The van der Waals surface area contributed by atoms with E-state index < -0.39 is 0 Å². The van der Waals surface area contributed by atoms with Crippen molar-refractivity contribution >= 4 is 5.91 Å². The van der Waals surface area contributed by atoms with Gasteiger partial charge in [-0.1, -0.05) is 30.3 Å². The number of amides is 1. The summed E-state index contributed by atoms with van der Waals surface area (Å²) >= 11 is 0. The maximum atomic E-state index is 12.5. The van der Waals surface area contributed by atoms with Gasteiger partial charge in [0.2, 0.25) is 5.91 Å². The Labute approximate surface area is 149 Å². The van der Waals surface area contributed by atoms with E-state index in [4.69, 9.17) is 0 Å². The minimum Gasteiger partial charge on any atom is -0.339 e. The molecule has 2 aliphatic heterocycles. The summed E-state index contributed by atoms with van der Waals surface area (Å²) in [4.78, 5) is 21.5. The molecule has 3 heterocycles. The van der Waals surface area contributed by atoms with E-state index in [1.807, 2.05) is 37.5 Å². The molecule has 4 rings (SSSR count). The summed E-state index contributed by atoms with van der Waals surface area (Å²) in [5.41, 5.74) is 1.27. The first kappa shape index (κ1) is 16.3. The van der Waals surface area contributed by atoms with Gasteiger partial charge in [0.25, 0.3) is 0 Å². The summed E-state index contributed by atoms with van der Waals surface area (Å²) < 4.78 is 2.09. The Balaban J connectivity index is 1.53. The van der Waals surface area contributed by atoms with E-state index in [0.717, 1.165) is 38.3 Å². The number of nitrogens with zero attached hydrogens (tertiary/aromatic N) is 4. The zero-order valence-electron chi connectivity index (χ0n) is 15.1. The third-order valence-electron chi connectivity index (χ3n) is 6.28. The van der Waals surface area contributed by atoms with Crippen molar-refractivity contribution in [1.82, 2.24) is 19.4 Å². The van der Waals surface area contributed by atoms with Crippen LogP contribution in [0.4, 0.5) is 0 Å². The number of carbonyl (C=O) groups is 1. The van der Waals surface area contributed by atoms with Crippen molar-refractivity contribution in [3.63, 3.8) is 0 Å². The molecule has 1 atom stereocenters. The first-order valence-corrected chi connectivity index (χ1v) is 9.10. The van der Waals surface area contributed by atoms with Crippen LogP contribution in [-0.4, -0.2) is 50.9 Å². The second-order valence-corrected chi connectivity index (χ2v) is 7.45. The third-order valence-corrected chi connectivity index (χ3v) is 6.28. The molecule has 1 amide bonds. The van der Waals surface area contributed by atoms with Crippen LogP contribution < -0.4 is 0 Å². The van der Waals surface area contributed by atoms with Gasteiger partial charge in [0.15, 0.2) is 0 Å². The summed E-state index contributed by atoms with van der Waals surface area (Å²) in [6.07, 6.45) is 6.55. The van der Waals surface area contributed by atoms with Crippen molar-refractivity contribution < 1.29 is 4.79 Å². The lowest BCUT2D eigenvalue weighted by Gasteiger charge is -2.46. The lowest BCUT2D eigenvalue weighted by molar-refractivity contribution is -0.130. The lowest BCUT2D eigenvalue weighted by atomic mass is 9.74. The molecule has 1 unspecified atom stereocenters. The number of hydrogen-bond acceptors (Lipinski definition) is 3. The number of carbonyl (C=O) groups excluding carboxylic acids is 1. The van der Waals surface area contributed by atoms with Gasteiger partial charge in [-0.05, 0) is 18.4 Å². The molecule has 0 aliphatic carbocycles. The van der Waals surface area contributed by atoms with Crippen molar-refractivity contribution in [3.8, 4) is 0 Å². The normalized spacial score (nSPS) is 23.5. The molecule has 0 bridgehead atoms. The maximum Gasteiger partial charge on any atom is 0.223 e. The predicted octanol–water partition coefficient (Wildman–Crippen LogP) is 2.40. The number of benzene rings is 1. The van der Waals surface area contributed by atoms with Crippen LogP contribution in [-0.2, 0) is 18.4 Å². The van der Waals surface area contributed by atoms with Crippen molar-refractivity contribution in [2.45, 2.75) is 37.3 Å². The van der Waals surface area contributed by atoms with E-state index in [9.17, 15) is 4.79 Å². The molecule has 5 nitrogen and oxygen atoms in total. The number of aromatic nitrogens is 2. The fourth-order valence-corrected chi connectivity index (χ4v) is 4.63. The average Bonchev–Trinajstić information content (AvgIpc) is 3.14. The first-order chi connectivity index (χ1) is 12.1. The molecular weight excluding hydrogens is 312 g/mol. The van der Waals surface area contributed by atoms with Gasteiger partial charge in [-0.25, -0.2) is 4.98 Å². The van der Waals surface area contributed by atoms with Crippen molar-refractivity contribution in [2.24, 2.45) is 7.05 Å². The Morgan fingerprint density at radius 1 is 1.16 bits per heavy atom. The van der Waals surface area contributed by atoms with Gasteiger partial charge in [0.05, 0.1) is 12.1 Å². The Hall–Kier alpha value is -2.14. The van der Waals surface area contributed by atoms with E-state index in [2.05, 4.69) is 38.7 Å². The fourth-order valence-electron chi connectivity index (χ4n) is 4.63. The molecule has 2 saturated heterocycles. The summed E-state index contributed by atoms with van der Waals surface area (Å²) in [7, 11) is 4.04. The summed E-state index contributed by atoms with van der Waals surface area (Å²) in [5.74, 6) is 1.69. The summed E-state index contributed by atoms with van der Waals surface area (Å²) in [6.45, 7) is 2.90. The Kier molecular flexibility index (Phi) is 4.12. The molecule has 0 saturated carbocycles. The van der Waals surface area contributed by atoms with Crippen LogP contribution in [0.15, 0.2) is 42.7 Å². The van der Waals surface area contributed by atoms with Crippen LogP contribution in [0.25, 0.3) is 0 Å². The predicted molar refractivity (Wildman–Crippen MR) is 97.0 cm³/mol. The van der Waals surface area contributed by atoms with Crippen LogP contribution in [0.3, 0.4) is 0 Å². The molecule has 0 radical (unpaired) electrons. The quantitative estimate of drug-likeness (QED) is 0.863. The van der Waals surface area contributed by atoms with Crippen LogP contribution in [0, 0.1) is 0 Å². The summed E-state index contributed by atoms with van der Waals surface area (Å²) in [6, 6.07) is 10.6. The van der Waals surface area contributed by atoms with Gasteiger partial charge in [-0.2, -0.15) is 0 Å². The highest BCUT2D eigenvalue weighted by Gasteiger charge is 2.52. The Morgan fingerprint density at radius 2 is 1.88 bits per heavy atom. The highest BCUT2D eigenvalue weighted by Crippen LogP contribution is 2.48. The first-order valence-electron chi connectivity index (χ1n) is 9.10. The van der Waals surface area contributed by atoms with E-state index in [0.29, 0.717) is 12.3 Å². The number of hydrogen-bond donors (Lipinski definition) is 0. The zero-order valence-corrected chi connectivity index (χ0v) is 15.1. The van der Waals surface area contributed by atoms with E-state index in [-0.39, 0.29) is 11.4 Å². The topological polar surface area (TPSA) is 41.4 Å². The number of likely N-dealkylation sites (tertiary alicyclic amines) is 2. The number of rotatable bonds is 3. The minimum atomic E-state index is -0.0312. The summed E-state index contributed by atoms with van der Waals surface area (Å²) in [5, 5.41) is 0. The van der Waals surface area contributed by atoms with Gasteiger partial charge in [0.1, 0.15) is 5.82 Å². The largest absolute Gasteiger partial charge is 0.339 e. The van der Waals surface area contributed by atoms with Gasteiger partial charge in [-0.3, -0.25) is 9.69 Å². The SMILES string of the molecule is CN1C(=O)CC(c2ccccc2)C12CCN(Cc1nccn1C)CC2. The molecule has 25 heavy (non-hydrogen) atoms. The number of likely N-dealkylation sites (N-methyl/N-ethyl adjacent to an activating group) is 1. The highest BCUT2D eigenvalue weighted by molar-refractivity contribution is 5.81. The van der Waals surface area contributed by atoms with Crippen molar-refractivity contribution in [3.05, 3.63) is 54.1 Å². The second-order valence-electron chi connectivity index (χ2n) is 7.45. The van der Waals surface area contributed by atoms with E-state index >= 15 is 0 Å². The molecular formula is C20H26N4O. The third kappa shape index (κ3) is 2.76. The molecule has 2 fully saturated rings. The van der Waals surface area contributed by atoms with Crippen LogP contribution in [0.2, 0.25) is 0 Å². The molecule has 1 aromatic carbocycles. The number of piperidine rings is 1. The van der Waals surface area contributed by atoms with Gasteiger partial charge < -0.3 is 9.47 Å². The second kappa shape index (κ2) is 6.30. The molecule has 2 aliphatic rings. The highest BCUT2D eigenvalue weighted by atomic mass is 16.2. The molecule has 5 heteroatoms. The lowest BCUT2D eigenvalue weighted by Crippen LogP contribution is -2.53. The maximum absolute atomic E-state index is 12.5. The Morgan fingerprint density at radius 3 is 2.52 bits per heavy atom. The van der Waals surface area contributed by atoms with Crippen LogP contribution in [0.5, 0.6) is 0 Å². The Bertz CT molecular complexity index is 746. The van der Waals surface area contributed by atoms with Crippen molar-refractivity contribution in [1.29, 1.82) is 0 Å². The standard InChI is InChI=1S/C20H26N4O/c1-22-13-10-21-18(22)15-24-11-8-20(9-12-24)17(14-19(25)23(20)2)16-6-4-3-5-7-16/h3-7,10,13,17H,8-9,11-12,14-15H2,1-2H3. The smallest absolute Gasteiger partial charge is 0.223 e. The minimum absolute atomic E-state index is 0.0312. The molecule has 2 aromatic rings. The van der Waals surface area contributed by atoms with Gasteiger partial charge in [-0.15, -0.1) is 0 Å². The zero-order chi connectivity index (χ0) is 17.4.